The summed E-state index contributed by atoms with van der Waals surface area (Å²) in [4.78, 5) is 17.6. The van der Waals surface area contributed by atoms with E-state index < -0.39 is 12.7 Å². The molecule has 0 radical (unpaired) electrons. The van der Waals surface area contributed by atoms with Gasteiger partial charge in [0.2, 0.25) is 0 Å². The Balaban J connectivity index is 2.97. The van der Waals surface area contributed by atoms with Gasteiger partial charge in [0.25, 0.3) is 0 Å². The molecule has 0 spiro atoms. The third-order valence-electron chi connectivity index (χ3n) is 1.65. The number of benzene rings is 1. The Labute approximate surface area is 81.5 Å². The lowest BCUT2D eigenvalue weighted by atomic mass is 10.2. The number of alkyl halides is 1. The Kier molecular flexibility index (Phi) is 3.14. The van der Waals surface area contributed by atoms with Gasteiger partial charge in [-0.2, -0.15) is 0 Å². The number of rotatable bonds is 2. The Morgan fingerprint density at radius 3 is 2.15 bits per heavy atom. The van der Waals surface area contributed by atoms with Gasteiger partial charge in [-0.25, -0.2) is 0 Å². The zero-order valence-electron chi connectivity index (χ0n) is 7.01. The van der Waals surface area contributed by atoms with E-state index in [0.717, 1.165) is 5.56 Å². The van der Waals surface area contributed by atoms with Gasteiger partial charge in [-0.05, 0) is 12.5 Å². The summed E-state index contributed by atoms with van der Waals surface area (Å²) in [5, 5.41) is -1.24. The highest BCUT2D eigenvalue weighted by Gasteiger charge is 2.27. The van der Waals surface area contributed by atoms with Gasteiger partial charge in [-0.15, -0.1) is 11.6 Å². The van der Waals surface area contributed by atoms with Crippen molar-refractivity contribution in [2.75, 3.05) is 0 Å². The fourth-order valence-electron chi connectivity index (χ4n) is 0.919. The molecular formula is C8H10ClO3P. The van der Waals surface area contributed by atoms with Crippen LogP contribution in [-0.4, -0.2) is 9.79 Å². The maximum atomic E-state index is 10.8. The Hall–Kier alpha value is -0.340. The van der Waals surface area contributed by atoms with Crippen LogP contribution in [0.2, 0.25) is 0 Å². The van der Waals surface area contributed by atoms with Crippen molar-refractivity contribution in [2.24, 2.45) is 0 Å². The average Bonchev–Trinajstić information content (AvgIpc) is 2.03. The number of hydrogen-bond acceptors (Lipinski definition) is 1. The zero-order valence-corrected chi connectivity index (χ0v) is 8.66. The van der Waals surface area contributed by atoms with E-state index in [4.69, 9.17) is 21.4 Å². The fourth-order valence-corrected chi connectivity index (χ4v) is 1.63. The molecule has 1 atom stereocenters. The quantitative estimate of drug-likeness (QED) is 0.594. The highest BCUT2D eigenvalue weighted by atomic mass is 35.5. The van der Waals surface area contributed by atoms with Crippen LogP contribution >= 0.6 is 19.2 Å². The van der Waals surface area contributed by atoms with Crippen LogP contribution in [0.25, 0.3) is 0 Å². The van der Waals surface area contributed by atoms with Crippen molar-refractivity contribution in [3.8, 4) is 0 Å². The fraction of sp³-hybridized carbons (Fsp3) is 0.250. The summed E-state index contributed by atoms with van der Waals surface area (Å²) in [6, 6.07) is 6.76. The van der Waals surface area contributed by atoms with Crippen molar-refractivity contribution in [1.82, 2.24) is 0 Å². The lowest BCUT2D eigenvalue weighted by molar-refractivity contribution is 0.370. The molecule has 0 aromatic heterocycles. The SMILES string of the molecule is Cc1ccc(C(Cl)P(=O)(O)O)cc1. The summed E-state index contributed by atoms with van der Waals surface area (Å²) in [5.74, 6) is 0. The molecule has 0 aliphatic heterocycles. The molecule has 1 unspecified atom stereocenters. The molecule has 1 aromatic rings. The van der Waals surface area contributed by atoms with Gasteiger partial charge < -0.3 is 9.79 Å². The highest BCUT2D eigenvalue weighted by molar-refractivity contribution is 7.54. The van der Waals surface area contributed by atoms with Crippen LogP contribution in [0.15, 0.2) is 24.3 Å². The van der Waals surface area contributed by atoms with Gasteiger partial charge in [0.15, 0.2) is 5.12 Å². The maximum absolute atomic E-state index is 10.8. The van der Waals surface area contributed by atoms with Gasteiger partial charge >= 0.3 is 7.60 Å². The van der Waals surface area contributed by atoms with Crippen molar-refractivity contribution in [1.29, 1.82) is 0 Å². The molecule has 0 saturated carbocycles. The predicted molar refractivity (Wildman–Crippen MR) is 51.8 cm³/mol. The van der Waals surface area contributed by atoms with E-state index in [2.05, 4.69) is 0 Å². The van der Waals surface area contributed by atoms with Gasteiger partial charge in [-0.1, -0.05) is 29.8 Å². The minimum absolute atomic E-state index is 0.445. The normalized spacial score (nSPS) is 14.2. The molecule has 0 heterocycles. The summed E-state index contributed by atoms with van der Waals surface area (Å²) < 4.78 is 10.8. The van der Waals surface area contributed by atoms with E-state index in [1.54, 1.807) is 24.3 Å². The van der Waals surface area contributed by atoms with Gasteiger partial charge in [0.05, 0.1) is 0 Å². The topological polar surface area (TPSA) is 57.5 Å². The predicted octanol–water partition coefficient (Wildman–Crippen LogP) is 2.41. The molecule has 13 heavy (non-hydrogen) atoms. The average molecular weight is 221 g/mol. The molecule has 1 rings (SSSR count). The van der Waals surface area contributed by atoms with Gasteiger partial charge in [0.1, 0.15) is 0 Å². The monoisotopic (exact) mass is 220 g/mol. The molecule has 72 valence electrons. The van der Waals surface area contributed by atoms with E-state index in [1.165, 1.54) is 0 Å². The molecule has 1 aromatic carbocycles. The first kappa shape index (κ1) is 10.7. The van der Waals surface area contributed by atoms with Gasteiger partial charge in [0, 0.05) is 0 Å². The number of halogens is 1. The molecule has 0 fully saturated rings. The first-order valence-electron chi connectivity index (χ1n) is 3.67. The zero-order chi connectivity index (χ0) is 10.1. The summed E-state index contributed by atoms with van der Waals surface area (Å²) in [6.45, 7) is 1.89. The minimum atomic E-state index is -4.23. The van der Waals surface area contributed by atoms with Crippen LogP contribution in [0.4, 0.5) is 0 Å². The summed E-state index contributed by atoms with van der Waals surface area (Å²) in [6.07, 6.45) is 0. The van der Waals surface area contributed by atoms with Crippen LogP contribution in [-0.2, 0) is 4.57 Å². The second kappa shape index (κ2) is 3.81. The second-order valence-electron chi connectivity index (χ2n) is 2.84. The lowest BCUT2D eigenvalue weighted by Gasteiger charge is -2.11. The summed E-state index contributed by atoms with van der Waals surface area (Å²) in [7, 11) is -4.23. The van der Waals surface area contributed by atoms with Crippen molar-refractivity contribution in [3.63, 3.8) is 0 Å². The van der Waals surface area contributed by atoms with Crippen LogP contribution < -0.4 is 0 Å². The van der Waals surface area contributed by atoms with Gasteiger partial charge in [-0.3, -0.25) is 4.57 Å². The first-order valence-corrected chi connectivity index (χ1v) is 5.79. The van der Waals surface area contributed by atoms with E-state index in [-0.39, 0.29) is 0 Å². The summed E-state index contributed by atoms with van der Waals surface area (Å²) in [5.41, 5.74) is 1.47. The molecule has 0 saturated heterocycles. The van der Waals surface area contributed by atoms with Crippen molar-refractivity contribution in [3.05, 3.63) is 35.4 Å². The number of hydrogen-bond donors (Lipinski definition) is 2. The van der Waals surface area contributed by atoms with Crippen LogP contribution in [0.5, 0.6) is 0 Å². The van der Waals surface area contributed by atoms with E-state index in [1.807, 2.05) is 6.92 Å². The Morgan fingerprint density at radius 1 is 1.31 bits per heavy atom. The molecule has 0 amide bonds. The van der Waals surface area contributed by atoms with Crippen LogP contribution in [0.1, 0.15) is 16.2 Å². The largest absolute Gasteiger partial charge is 0.347 e. The van der Waals surface area contributed by atoms with Crippen LogP contribution in [0.3, 0.4) is 0 Å². The lowest BCUT2D eigenvalue weighted by Crippen LogP contribution is -1.91. The molecule has 5 heteroatoms. The van der Waals surface area contributed by atoms with E-state index in [0.29, 0.717) is 5.56 Å². The van der Waals surface area contributed by atoms with E-state index in [9.17, 15) is 4.57 Å². The first-order chi connectivity index (χ1) is 5.91. The van der Waals surface area contributed by atoms with Crippen LogP contribution in [0, 0.1) is 6.92 Å². The van der Waals surface area contributed by atoms with Crippen molar-refractivity contribution >= 4 is 19.2 Å². The highest BCUT2D eigenvalue weighted by Crippen LogP contribution is 2.54. The standard InChI is InChI=1S/C8H10ClO3P/c1-6-2-4-7(5-3-6)8(9)13(10,11)12/h2-5,8H,1H3,(H2,10,11,12). The third-order valence-corrected chi connectivity index (χ3v) is 3.55. The Morgan fingerprint density at radius 2 is 1.77 bits per heavy atom. The summed E-state index contributed by atoms with van der Waals surface area (Å²) >= 11 is 5.57. The molecule has 0 bridgehead atoms. The molecule has 0 aliphatic carbocycles. The number of aryl methyl sites for hydroxylation is 1. The van der Waals surface area contributed by atoms with Crippen molar-refractivity contribution < 1.29 is 14.4 Å². The molecule has 3 nitrogen and oxygen atoms in total. The Bertz CT molecular complexity index is 330. The van der Waals surface area contributed by atoms with E-state index >= 15 is 0 Å². The third kappa shape index (κ3) is 2.82. The smallest absolute Gasteiger partial charge is 0.323 e. The molecular weight excluding hydrogens is 211 g/mol. The molecule has 0 aliphatic rings. The second-order valence-corrected chi connectivity index (χ2v) is 5.27. The molecule has 2 N–H and O–H groups in total. The minimum Gasteiger partial charge on any atom is -0.323 e. The van der Waals surface area contributed by atoms with Crippen molar-refractivity contribution in [2.45, 2.75) is 12.0 Å². The maximum Gasteiger partial charge on any atom is 0.347 e.